The lowest BCUT2D eigenvalue weighted by Crippen LogP contribution is -2.46. The Morgan fingerprint density at radius 1 is 1.12 bits per heavy atom. The van der Waals surface area contributed by atoms with Crippen LogP contribution in [-0.4, -0.2) is 54.5 Å². The Morgan fingerprint density at radius 3 is 2.50 bits per heavy atom. The number of anilines is 2. The van der Waals surface area contributed by atoms with Crippen molar-refractivity contribution in [3.63, 3.8) is 0 Å². The zero-order valence-corrected chi connectivity index (χ0v) is 14.2. The van der Waals surface area contributed by atoms with Gasteiger partial charge in [0.05, 0.1) is 0 Å². The number of piperazine rings is 1. The van der Waals surface area contributed by atoms with E-state index in [1.165, 1.54) is 5.56 Å². The molecule has 0 unspecified atom stereocenters. The predicted octanol–water partition coefficient (Wildman–Crippen LogP) is 1.70. The number of nitrogens with zero attached hydrogens (tertiary/aromatic N) is 5. The van der Waals surface area contributed by atoms with E-state index >= 15 is 0 Å². The molecule has 1 aliphatic heterocycles. The molecule has 0 N–H and O–H groups in total. The summed E-state index contributed by atoms with van der Waals surface area (Å²) in [6.07, 6.45) is 0.918. The minimum absolute atomic E-state index is 0.738. The van der Waals surface area contributed by atoms with Crippen molar-refractivity contribution in [2.24, 2.45) is 0 Å². The number of benzene rings is 1. The van der Waals surface area contributed by atoms with Gasteiger partial charge < -0.3 is 14.7 Å². The van der Waals surface area contributed by atoms with Crippen molar-refractivity contribution in [1.29, 1.82) is 0 Å². The molecule has 2 aromatic rings. The lowest BCUT2D eigenvalue weighted by molar-refractivity contribution is -0.118. The number of aromatic nitrogens is 2. The van der Waals surface area contributed by atoms with Crippen molar-refractivity contribution in [3.8, 4) is 0 Å². The fraction of sp³-hybridized carbons (Fsp3) is 0.389. The van der Waals surface area contributed by atoms with Crippen molar-refractivity contribution >= 4 is 18.0 Å². The van der Waals surface area contributed by atoms with Crippen molar-refractivity contribution in [1.82, 2.24) is 14.9 Å². The second kappa shape index (κ2) is 7.29. The average Bonchev–Trinajstić information content (AvgIpc) is 2.62. The summed E-state index contributed by atoms with van der Waals surface area (Å²) in [6.45, 7) is 5.80. The molecule has 0 saturated carbocycles. The minimum atomic E-state index is 0.738. The fourth-order valence-corrected chi connectivity index (χ4v) is 2.89. The van der Waals surface area contributed by atoms with E-state index in [0.717, 1.165) is 56.6 Å². The van der Waals surface area contributed by atoms with E-state index in [2.05, 4.69) is 31.9 Å². The summed E-state index contributed by atoms with van der Waals surface area (Å²) >= 11 is 0. The van der Waals surface area contributed by atoms with Gasteiger partial charge in [-0.05, 0) is 12.5 Å². The SMILES string of the molecule is Cc1nc(N(C)Cc2ccccc2)cc(N2CCN(C=O)CC2)n1. The molecular formula is C18H23N5O. The summed E-state index contributed by atoms with van der Waals surface area (Å²) in [5, 5.41) is 0. The third kappa shape index (κ3) is 3.82. The molecule has 0 atom stereocenters. The van der Waals surface area contributed by atoms with Gasteiger partial charge in [0.15, 0.2) is 0 Å². The molecule has 24 heavy (non-hydrogen) atoms. The molecule has 1 aromatic carbocycles. The predicted molar refractivity (Wildman–Crippen MR) is 95.2 cm³/mol. The van der Waals surface area contributed by atoms with Gasteiger partial charge in [0, 0.05) is 45.8 Å². The van der Waals surface area contributed by atoms with Crippen LogP contribution in [0.25, 0.3) is 0 Å². The third-order valence-electron chi connectivity index (χ3n) is 4.25. The van der Waals surface area contributed by atoms with Crippen LogP contribution in [0, 0.1) is 6.92 Å². The van der Waals surface area contributed by atoms with E-state index in [-0.39, 0.29) is 0 Å². The molecular weight excluding hydrogens is 302 g/mol. The average molecular weight is 325 g/mol. The lowest BCUT2D eigenvalue weighted by Gasteiger charge is -2.33. The van der Waals surface area contributed by atoms with Crippen LogP contribution in [0.1, 0.15) is 11.4 Å². The van der Waals surface area contributed by atoms with Gasteiger partial charge in [0.1, 0.15) is 17.5 Å². The summed E-state index contributed by atoms with van der Waals surface area (Å²) in [5.41, 5.74) is 1.25. The van der Waals surface area contributed by atoms with E-state index in [9.17, 15) is 4.79 Å². The maximum Gasteiger partial charge on any atom is 0.209 e. The Hall–Kier alpha value is -2.63. The first kappa shape index (κ1) is 16.2. The van der Waals surface area contributed by atoms with Crippen LogP contribution >= 0.6 is 0 Å². The van der Waals surface area contributed by atoms with Gasteiger partial charge in [0.2, 0.25) is 6.41 Å². The molecule has 126 valence electrons. The topological polar surface area (TPSA) is 52.6 Å². The molecule has 1 aromatic heterocycles. The first-order chi connectivity index (χ1) is 11.7. The highest BCUT2D eigenvalue weighted by Crippen LogP contribution is 2.20. The van der Waals surface area contributed by atoms with Gasteiger partial charge in [-0.3, -0.25) is 4.79 Å². The first-order valence-corrected chi connectivity index (χ1v) is 8.21. The second-order valence-electron chi connectivity index (χ2n) is 6.10. The van der Waals surface area contributed by atoms with Crippen LogP contribution in [0.3, 0.4) is 0 Å². The van der Waals surface area contributed by atoms with Crippen molar-refractivity contribution in [2.45, 2.75) is 13.5 Å². The molecule has 1 amide bonds. The zero-order valence-electron chi connectivity index (χ0n) is 14.2. The Balaban J connectivity index is 1.75. The lowest BCUT2D eigenvalue weighted by atomic mass is 10.2. The highest BCUT2D eigenvalue weighted by atomic mass is 16.1. The Bertz CT molecular complexity index is 683. The maximum absolute atomic E-state index is 10.8. The van der Waals surface area contributed by atoms with E-state index in [0.29, 0.717) is 0 Å². The summed E-state index contributed by atoms with van der Waals surface area (Å²) < 4.78 is 0. The third-order valence-corrected chi connectivity index (χ3v) is 4.25. The molecule has 0 spiro atoms. The molecule has 6 heteroatoms. The van der Waals surface area contributed by atoms with Gasteiger partial charge in [-0.2, -0.15) is 0 Å². The normalized spacial score (nSPS) is 14.6. The number of hydrogen-bond acceptors (Lipinski definition) is 5. The molecule has 0 bridgehead atoms. The molecule has 1 saturated heterocycles. The van der Waals surface area contributed by atoms with Crippen molar-refractivity contribution in [2.75, 3.05) is 43.0 Å². The quantitative estimate of drug-likeness (QED) is 0.783. The van der Waals surface area contributed by atoms with Gasteiger partial charge in [-0.15, -0.1) is 0 Å². The Kier molecular flexibility index (Phi) is 4.93. The number of carbonyl (C=O) groups is 1. The van der Waals surface area contributed by atoms with Crippen LogP contribution < -0.4 is 9.80 Å². The largest absolute Gasteiger partial charge is 0.355 e. The molecule has 0 aliphatic carbocycles. The monoisotopic (exact) mass is 325 g/mol. The second-order valence-corrected chi connectivity index (χ2v) is 6.10. The first-order valence-electron chi connectivity index (χ1n) is 8.21. The Morgan fingerprint density at radius 2 is 1.83 bits per heavy atom. The van der Waals surface area contributed by atoms with E-state index < -0.39 is 0 Å². The highest BCUT2D eigenvalue weighted by molar-refractivity contribution is 5.53. The van der Waals surface area contributed by atoms with Crippen LogP contribution in [0.2, 0.25) is 0 Å². The molecule has 6 nitrogen and oxygen atoms in total. The summed E-state index contributed by atoms with van der Waals surface area (Å²) in [7, 11) is 2.04. The van der Waals surface area contributed by atoms with Crippen LogP contribution in [0.4, 0.5) is 11.6 Å². The number of carbonyl (C=O) groups excluding carboxylic acids is 1. The van der Waals surface area contributed by atoms with E-state index in [1.807, 2.05) is 38.2 Å². The van der Waals surface area contributed by atoms with Crippen LogP contribution in [-0.2, 0) is 11.3 Å². The standard InChI is InChI=1S/C18H23N5O/c1-15-19-17(21(2)13-16-6-4-3-5-7-16)12-18(20-15)23-10-8-22(14-24)9-11-23/h3-7,12,14H,8-11,13H2,1-2H3. The number of hydrogen-bond donors (Lipinski definition) is 0. The van der Waals surface area contributed by atoms with E-state index in [4.69, 9.17) is 0 Å². The van der Waals surface area contributed by atoms with Crippen LogP contribution in [0.15, 0.2) is 36.4 Å². The van der Waals surface area contributed by atoms with Gasteiger partial charge in [-0.1, -0.05) is 30.3 Å². The van der Waals surface area contributed by atoms with Crippen molar-refractivity contribution in [3.05, 3.63) is 47.8 Å². The molecule has 1 aliphatic rings. The smallest absolute Gasteiger partial charge is 0.209 e. The molecule has 1 fully saturated rings. The maximum atomic E-state index is 10.8. The summed E-state index contributed by atoms with van der Waals surface area (Å²) in [4.78, 5) is 26.2. The number of aryl methyl sites for hydroxylation is 1. The van der Waals surface area contributed by atoms with E-state index in [1.54, 1.807) is 4.90 Å². The Labute approximate surface area is 142 Å². The molecule has 0 radical (unpaired) electrons. The van der Waals surface area contributed by atoms with Gasteiger partial charge in [-0.25, -0.2) is 9.97 Å². The van der Waals surface area contributed by atoms with Gasteiger partial charge >= 0.3 is 0 Å². The summed E-state index contributed by atoms with van der Waals surface area (Å²) in [5.74, 6) is 2.61. The van der Waals surface area contributed by atoms with Crippen molar-refractivity contribution < 1.29 is 4.79 Å². The number of rotatable bonds is 5. The van der Waals surface area contributed by atoms with Crippen LogP contribution in [0.5, 0.6) is 0 Å². The molecule has 3 rings (SSSR count). The molecule has 2 heterocycles. The zero-order chi connectivity index (χ0) is 16.9. The minimum Gasteiger partial charge on any atom is -0.355 e. The summed E-state index contributed by atoms with van der Waals surface area (Å²) in [6, 6.07) is 12.4. The van der Waals surface area contributed by atoms with Gasteiger partial charge in [0.25, 0.3) is 0 Å². The highest BCUT2D eigenvalue weighted by Gasteiger charge is 2.18. The fourth-order valence-electron chi connectivity index (χ4n) is 2.89. The number of amides is 1.